The zero-order valence-electron chi connectivity index (χ0n) is 15.8. The van der Waals surface area contributed by atoms with Gasteiger partial charge in [0.1, 0.15) is 0 Å². The topological polar surface area (TPSA) is 6.48 Å². The first kappa shape index (κ1) is 18.4. The van der Waals surface area contributed by atoms with Crippen molar-refractivity contribution in [2.24, 2.45) is 0 Å². The highest BCUT2D eigenvalue weighted by atomic mass is 32.1. The minimum Gasteiger partial charge on any atom is -0.296 e. The Morgan fingerprint density at radius 3 is 2.15 bits per heavy atom. The molecule has 1 fully saturated rings. The van der Waals surface area contributed by atoms with E-state index in [2.05, 4.69) is 88.0 Å². The van der Waals surface area contributed by atoms with Gasteiger partial charge in [0, 0.05) is 43.6 Å². The molecular formula is C24H28N2S. The largest absolute Gasteiger partial charge is 0.296 e. The van der Waals surface area contributed by atoms with Crippen LogP contribution < -0.4 is 0 Å². The lowest BCUT2D eigenvalue weighted by atomic mass is 10.0. The molecule has 1 atom stereocenters. The molecule has 140 valence electrons. The summed E-state index contributed by atoms with van der Waals surface area (Å²) < 4.78 is 0. The van der Waals surface area contributed by atoms with E-state index in [0.29, 0.717) is 6.04 Å². The molecule has 1 aliphatic rings. The van der Waals surface area contributed by atoms with Crippen LogP contribution in [0.5, 0.6) is 0 Å². The van der Waals surface area contributed by atoms with E-state index in [-0.39, 0.29) is 0 Å². The first-order valence-corrected chi connectivity index (χ1v) is 10.8. The molecule has 2 nitrogen and oxygen atoms in total. The maximum absolute atomic E-state index is 2.70. The fraction of sp³-hybridized carbons (Fsp3) is 0.333. The van der Waals surface area contributed by atoms with Gasteiger partial charge in [0.25, 0.3) is 0 Å². The predicted molar refractivity (Wildman–Crippen MR) is 115 cm³/mol. The summed E-state index contributed by atoms with van der Waals surface area (Å²) in [4.78, 5) is 6.84. The SMILES string of the molecule is c1ccc(CN2CCN(Cc3ccccc3)C(CCc3cccs3)C2)cc1. The van der Waals surface area contributed by atoms with Crippen LogP contribution in [-0.4, -0.2) is 35.5 Å². The molecule has 0 radical (unpaired) electrons. The van der Waals surface area contributed by atoms with Gasteiger partial charge in [-0.15, -0.1) is 11.3 Å². The number of hydrogen-bond acceptors (Lipinski definition) is 3. The van der Waals surface area contributed by atoms with E-state index in [1.807, 2.05) is 11.3 Å². The summed E-state index contributed by atoms with van der Waals surface area (Å²) in [5.74, 6) is 0. The van der Waals surface area contributed by atoms with Crippen LogP contribution in [0.15, 0.2) is 78.2 Å². The smallest absolute Gasteiger partial charge is 0.0237 e. The second-order valence-electron chi connectivity index (χ2n) is 7.45. The molecule has 0 N–H and O–H groups in total. The molecule has 2 heterocycles. The maximum atomic E-state index is 2.70. The van der Waals surface area contributed by atoms with E-state index in [0.717, 1.165) is 32.7 Å². The minimum atomic E-state index is 0.616. The Balaban J connectivity index is 1.42. The molecule has 3 heteroatoms. The molecule has 0 aliphatic carbocycles. The molecule has 27 heavy (non-hydrogen) atoms. The van der Waals surface area contributed by atoms with Crippen molar-refractivity contribution < 1.29 is 0 Å². The Morgan fingerprint density at radius 2 is 1.48 bits per heavy atom. The lowest BCUT2D eigenvalue weighted by Gasteiger charge is -2.41. The fourth-order valence-electron chi connectivity index (χ4n) is 4.01. The van der Waals surface area contributed by atoms with E-state index in [1.54, 1.807) is 0 Å². The molecule has 0 bridgehead atoms. The van der Waals surface area contributed by atoms with Crippen LogP contribution in [-0.2, 0) is 19.5 Å². The number of rotatable bonds is 7. The van der Waals surface area contributed by atoms with Crippen LogP contribution in [0.1, 0.15) is 22.4 Å². The van der Waals surface area contributed by atoms with Crippen molar-refractivity contribution in [3.63, 3.8) is 0 Å². The molecule has 1 aliphatic heterocycles. The first-order chi connectivity index (χ1) is 13.4. The average molecular weight is 377 g/mol. The third-order valence-corrected chi connectivity index (χ3v) is 6.41. The summed E-state index contributed by atoms with van der Waals surface area (Å²) in [6.45, 7) is 5.59. The molecular weight excluding hydrogens is 348 g/mol. The number of nitrogens with zero attached hydrogens (tertiary/aromatic N) is 2. The summed E-state index contributed by atoms with van der Waals surface area (Å²) in [5.41, 5.74) is 2.85. The van der Waals surface area contributed by atoms with Crippen molar-refractivity contribution >= 4 is 11.3 Å². The van der Waals surface area contributed by atoms with E-state index >= 15 is 0 Å². The maximum Gasteiger partial charge on any atom is 0.0237 e. The van der Waals surface area contributed by atoms with Gasteiger partial charge >= 0.3 is 0 Å². The Kier molecular flexibility index (Phi) is 6.36. The lowest BCUT2D eigenvalue weighted by Crippen LogP contribution is -2.52. The minimum absolute atomic E-state index is 0.616. The highest BCUT2D eigenvalue weighted by molar-refractivity contribution is 7.09. The van der Waals surface area contributed by atoms with Crippen molar-refractivity contribution in [2.75, 3.05) is 19.6 Å². The number of thiophene rings is 1. The number of aryl methyl sites for hydroxylation is 1. The van der Waals surface area contributed by atoms with Crippen LogP contribution in [0, 0.1) is 0 Å². The van der Waals surface area contributed by atoms with Gasteiger partial charge in [0.05, 0.1) is 0 Å². The molecule has 0 saturated carbocycles. The third-order valence-electron chi connectivity index (χ3n) is 5.47. The van der Waals surface area contributed by atoms with Crippen molar-refractivity contribution in [3.8, 4) is 0 Å². The van der Waals surface area contributed by atoms with E-state index in [4.69, 9.17) is 0 Å². The summed E-state index contributed by atoms with van der Waals surface area (Å²) in [6, 6.07) is 26.9. The highest BCUT2D eigenvalue weighted by Gasteiger charge is 2.26. The van der Waals surface area contributed by atoms with Gasteiger partial charge in [-0.3, -0.25) is 9.80 Å². The fourth-order valence-corrected chi connectivity index (χ4v) is 4.73. The molecule has 2 aromatic carbocycles. The molecule has 0 amide bonds. The van der Waals surface area contributed by atoms with Gasteiger partial charge in [-0.1, -0.05) is 66.7 Å². The van der Waals surface area contributed by atoms with Crippen LogP contribution in [0.25, 0.3) is 0 Å². The highest BCUT2D eigenvalue weighted by Crippen LogP contribution is 2.21. The van der Waals surface area contributed by atoms with Crippen molar-refractivity contribution in [1.29, 1.82) is 0 Å². The summed E-state index contributed by atoms with van der Waals surface area (Å²) in [5, 5.41) is 2.19. The van der Waals surface area contributed by atoms with E-state index < -0.39 is 0 Å². The predicted octanol–water partition coefficient (Wildman–Crippen LogP) is 5.07. The molecule has 0 spiro atoms. The van der Waals surface area contributed by atoms with Crippen LogP contribution in [0.2, 0.25) is 0 Å². The van der Waals surface area contributed by atoms with Crippen LogP contribution >= 0.6 is 11.3 Å². The number of benzene rings is 2. The average Bonchev–Trinajstić information content (AvgIpc) is 3.23. The molecule has 1 saturated heterocycles. The Hall–Kier alpha value is -1.94. The standard InChI is InChI=1S/C24H28N2S/c1-3-8-21(9-4-1)18-25-15-16-26(19-22-10-5-2-6-11-22)23(20-25)13-14-24-12-7-17-27-24/h1-12,17,23H,13-16,18-20H2. The van der Waals surface area contributed by atoms with E-state index in [1.165, 1.54) is 28.8 Å². The summed E-state index contributed by atoms with van der Waals surface area (Å²) >= 11 is 1.89. The molecule has 1 aromatic heterocycles. The molecule has 4 rings (SSSR count). The first-order valence-electron chi connectivity index (χ1n) is 9.93. The van der Waals surface area contributed by atoms with Gasteiger partial charge in [-0.2, -0.15) is 0 Å². The zero-order valence-corrected chi connectivity index (χ0v) is 16.7. The number of piperazine rings is 1. The monoisotopic (exact) mass is 376 g/mol. The second kappa shape index (κ2) is 9.32. The van der Waals surface area contributed by atoms with Crippen LogP contribution in [0.4, 0.5) is 0 Å². The van der Waals surface area contributed by atoms with Crippen molar-refractivity contribution in [1.82, 2.24) is 9.80 Å². The van der Waals surface area contributed by atoms with E-state index in [9.17, 15) is 0 Å². The Morgan fingerprint density at radius 1 is 0.778 bits per heavy atom. The normalized spacial score (nSPS) is 18.6. The molecule has 3 aromatic rings. The van der Waals surface area contributed by atoms with Crippen LogP contribution in [0.3, 0.4) is 0 Å². The van der Waals surface area contributed by atoms with Gasteiger partial charge in [-0.05, 0) is 35.4 Å². The zero-order chi connectivity index (χ0) is 18.3. The quantitative estimate of drug-likeness (QED) is 0.568. The van der Waals surface area contributed by atoms with Gasteiger partial charge in [0.2, 0.25) is 0 Å². The second-order valence-corrected chi connectivity index (χ2v) is 8.48. The Bertz CT molecular complexity index is 786. The lowest BCUT2D eigenvalue weighted by molar-refractivity contribution is 0.0598. The van der Waals surface area contributed by atoms with Gasteiger partial charge < -0.3 is 0 Å². The Labute approximate surface area is 167 Å². The molecule has 1 unspecified atom stereocenters. The van der Waals surface area contributed by atoms with Gasteiger partial charge in [0.15, 0.2) is 0 Å². The van der Waals surface area contributed by atoms with Gasteiger partial charge in [-0.25, -0.2) is 0 Å². The third kappa shape index (κ3) is 5.29. The van der Waals surface area contributed by atoms with Crippen molar-refractivity contribution in [3.05, 3.63) is 94.2 Å². The summed E-state index contributed by atoms with van der Waals surface area (Å²) in [6.07, 6.45) is 2.42. The van der Waals surface area contributed by atoms with Crippen molar-refractivity contribution in [2.45, 2.75) is 32.0 Å². The number of hydrogen-bond donors (Lipinski definition) is 0. The summed E-state index contributed by atoms with van der Waals surface area (Å²) in [7, 11) is 0.